The van der Waals surface area contributed by atoms with Gasteiger partial charge in [0.1, 0.15) is 5.78 Å². The van der Waals surface area contributed by atoms with Crippen molar-refractivity contribution in [3.05, 3.63) is 35.5 Å². The molecule has 2 heteroatoms. The smallest absolute Gasteiger partial charge is 0.130 e. The summed E-state index contributed by atoms with van der Waals surface area (Å²) in [5.41, 5.74) is 1.10. The molecule has 1 rings (SSSR count). The number of nitrogens with zero attached hydrogens (tertiary/aromatic N) is 1. The fourth-order valence-electron chi connectivity index (χ4n) is 1.75. The first-order chi connectivity index (χ1) is 7.60. The number of aromatic nitrogens is 1. The van der Waals surface area contributed by atoms with Crippen LogP contribution in [0.5, 0.6) is 0 Å². The van der Waals surface area contributed by atoms with Crippen LogP contribution in [0.25, 0.3) is 12.2 Å². The highest BCUT2D eigenvalue weighted by Gasteiger charge is 2.00. The van der Waals surface area contributed by atoms with Gasteiger partial charge in [0.05, 0.1) is 0 Å². The summed E-state index contributed by atoms with van der Waals surface area (Å²) in [5.74, 6) is 0.208. The molecule has 2 nitrogen and oxygen atoms in total. The maximum atomic E-state index is 11.0. The largest absolute Gasteiger partial charge is 0.348 e. The molecule has 0 fully saturated rings. The number of allylic oxidation sites excluding steroid dienone is 1. The quantitative estimate of drug-likeness (QED) is 0.734. The number of ketones is 1. The van der Waals surface area contributed by atoms with Crippen molar-refractivity contribution in [2.45, 2.75) is 33.2 Å². The Bertz CT molecular complexity index is 493. The molecule has 0 saturated heterocycles. The molecule has 0 aliphatic carbocycles. The van der Waals surface area contributed by atoms with Gasteiger partial charge in [-0.3, -0.25) is 0 Å². The van der Waals surface area contributed by atoms with Gasteiger partial charge < -0.3 is 9.36 Å². The second-order valence-corrected chi connectivity index (χ2v) is 3.89. The van der Waals surface area contributed by atoms with Gasteiger partial charge in [-0.2, -0.15) is 0 Å². The molecule has 0 spiro atoms. The van der Waals surface area contributed by atoms with Crippen LogP contribution in [0.4, 0.5) is 0 Å². The standard InChI is InChI=1S/C14H19NO/c1-5-13(8-7-11(3)16)14-9-10-15(6-2)12(14)4/h5,9-10H,1,4,6-8H2,2-3H3/b14-13+. The summed E-state index contributed by atoms with van der Waals surface area (Å²) in [6.07, 6.45) is 5.16. The molecule has 0 radical (unpaired) electrons. The van der Waals surface area contributed by atoms with Crippen molar-refractivity contribution in [2.24, 2.45) is 0 Å². The minimum absolute atomic E-state index is 0.208. The van der Waals surface area contributed by atoms with E-state index < -0.39 is 0 Å². The number of aryl methyl sites for hydroxylation is 1. The minimum atomic E-state index is 0.208. The number of carbonyl (C=O) groups excluding carboxylic acids is 1. The Morgan fingerprint density at radius 1 is 1.50 bits per heavy atom. The second kappa shape index (κ2) is 5.50. The maximum Gasteiger partial charge on any atom is 0.130 e. The highest BCUT2D eigenvalue weighted by Crippen LogP contribution is 2.05. The molecule has 1 heterocycles. The van der Waals surface area contributed by atoms with Crippen LogP contribution in [0.1, 0.15) is 26.7 Å². The lowest BCUT2D eigenvalue weighted by Gasteiger charge is -1.99. The summed E-state index contributed by atoms with van der Waals surface area (Å²) >= 11 is 0. The van der Waals surface area contributed by atoms with Gasteiger partial charge in [0.2, 0.25) is 0 Å². The van der Waals surface area contributed by atoms with Gasteiger partial charge in [-0.25, -0.2) is 0 Å². The zero-order valence-corrected chi connectivity index (χ0v) is 10.1. The molecule has 0 aliphatic rings. The molecular weight excluding hydrogens is 198 g/mol. The predicted octanol–water partition coefficient (Wildman–Crippen LogP) is 1.62. The van der Waals surface area contributed by atoms with Gasteiger partial charge in [-0.1, -0.05) is 19.2 Å². The van der Waals surface area contributed by atoms with Crippen molar-refractivity contribution >= 4 is 17.9 Å². The Hall–Kier alpha value is -1.57. The Labute approximate surface area is 96.6 Å². The second-order valence-electron chi connectivity index (χ2n) is 3.89. The van der Waals surface area contributed by atoms with E-state index in [-0.39, 0.29) is 5.78 Å². The average Bonchev–Trinajstić information content (AvgIpc) is 2.61. The van der Waals surface area contributed by atoms with Gasteiger partial charge in [-0.15, -0.1) is 0 Å². The van der Waals surface area contributed by atoms with E-state index in [0.29, 0.717) is 6.42 Å². The van der Waals surface area contributed by atoms with E-state index in [1.54, 1.807) is 6.92 Å². The Kier molecular flexibility index (Phi) is 4.29. The van der Waals surface area contributed by atoms with Crippen molar-refractivity contribution in [3.8, 4) is 0 Å². The number of carbonyl (C=O) groups is 1. The van der Waals surface area contributed by atoms with Crippen molar-refractivity contribution in [1.29, 1.82) is 0 Å². The molecule has 0 aromatic carbocycles. The Balaban J connectivity index is 3.16. The van der Waals surface area contributed by atoms with E-state index in [1.807, 2.05) is 18.3 Å². The van der Waals surface area contributed by atoms with Crippen LogP contribution in [0.2, 0.25) is 0 Å². The van der Waals surface area contributed by atoms with Crippen molar-refractivity contribution in [3.63, 3.8) is 0 Å². The molecule has 1 aromatic rings. The molecule has 86 valence electrons. The number of rotatable bonds is 5. The first-order valence-electron chi connectivity index (χ1n) is 5.59. The third-order valence-corrected chi connectivity index (χ3v) is 2.76. The predicted molar refractivity (Wildman–Crippen MR) is 68.4 cm³/mol. The summed E-state index contributed by atoms with van der Waals surface area (Å²) in [6.45, 7) is 12.5. The maximum absolute atomic E-state index is 11.0. The van der Waals surface area contributed by atoms with E-state index in [1.165, 1.54) is 0 Å². The zero-order chi connectivity index (χ0) is 12.1. The lowest BCUT2D eigenvalue weighted by atomic mass is 10.1. The molecule has 0 bridgehead atoms. The first kappa shape index (κ1) is 12.5. The lowest BCUT2D eigenvalue weighted by Crippen LogP contribution is -2.28. The Morgan fingerprint density at radius 2 is 2.19 bits per heavy atom. The van der Waals surface area contributed by atoms with Crippen LogP contribution in [0.15, 0.2) is 24.9 Å². The summed E-state index contributed by atoms with van der Waals surface area (Å²) < 4.78 is 2.09. The summed E-state index contributed by atoms with van der Waals surface area (Å²) in [5, 5.41) is 2.11. The number of hydrogen-bond donors (Lipinski definition) is 0. The van der Waals surface area contributed by atoms with E-state index >= 15 is 0 Å². The van der Waals surface area contributed by atoms with E-state index in [4.69, 9.17) is 0 Å². The van der Waals surface area contributed by atoms with Crippen LogP contribution < -0.4 is 10.6 Å². The van der Waals surface area contributed by atoms with Crippen LogP contribution in [-0.4, -0.2) is 10.4 Å². The van der Waals surface area contributed by atoms with Crippen molar-refractivity contribution in [2.75, 3.05) is 0 Å². The van der Waals surface area contributed by atoms with E-state index in [9.17, 15) is 4.79 Å². The van der Waals surface area contributed by atoms with Crippen LogP contribution in [-0.2, 0) is 11.3 Å². The van der Waals surface area contributed by atoms with Gasteiger partial charge in [-0.05, 0) is 31.9 Å². The fourth-order valence-corrected chi connectivity index (χ4v) is 1.75. The number of Topliss-reactive ketones (excluding diaryl/α,β-unsaturated/α-hetero) is 1. The summed E-state index contributed by atoms with van der Waals surface area (Å²) in [7, 11) is 0. The Morgan fingerprint density at radius 3 is 2.62 bits per heavy atom. The normalized spacial score (nSPS) is 12.4. The molecular formula is C14H19NO. The molecule has 0 atom stereocenters. The first-order valence-corrected chi connectivity index (χ1v) is 5.59. The molecule has 0 unspecified atom stereocenters. The molecule has 0 saturated carbocycles. The van der Waals surface area contributed by atoms with Crippen molar-refractivity contribution < 1.29 is 4.79 Å². The van der Waals surface area contributed by atoms with Crippen molar-refractivity contribution in [1.82, 2.24) is 4.57 Å². The zero-order valence-electron chi connectivity index (χ0n) is 10.1. The van der Waals surface area contributed by atoms with Gasteiger partial charge in [0, 0.05) is 29.7 Å². The molecule has 0 N–H and O–H groups in total. The summed E-state index contributed by atoms with van der Waals surface area (Å²) in [4.78, 5) is 11.0. The van der Waals surface area contributed by atoms with Crippen LogP contribution >= 0.6 is 0 Å². The minimum Gasteiger partial charge on any atom is -0.348 e. The topological polar surface area (TPSA) is 22.0 Å². The molecule has 0 aliphatic heterocycles. The molecule has 0 amide bonds. The van der Waals surface area contributed by atoms with Gasteiger partial charge in [0.25, 0.3) is 0 Å². The SMILES string of the molecule is C=C/C(CCC(C)=O)=c1/ccn(CC)c1=C. The molecule has 16 heavy (non-hydrogen) atoms. The highest BCUT2D eigenvalue weighted by molar-refractivity contribution is 5.77. The average molecular weight is 217 g/mol. The monoisotopic (exact) mass is 217 g/mol. The number of hydrogen-bond acceptors (Lipinski definition) is 1. The summed E-state index contributed by atoms with van der Waals surface area (Å²) in [6, 6.07) is 2.04. The van der Waals surface area contributed by atoms with Crippen LogP contribution in [0.3, 0.4) is 0 Å². The third kappa shape index (κ3) is 2.72. The van der Waals surface area contributed by atoms with Gasteiger partial charge in [0.15, 0.2) is 0 Å². The van der Waals surface area contributed by atoms with E-state index in [0.717, 1.165) is 29.1 Å². The third-order valence-electron chi connectivity index (χ3n) is 2.76. The van der Waals surface area contributed by atoms with Gasteiger partial charge >= 0.3 is 0 Å². The van der Waals surface area contributed by atoms with Crippen LogP contribution in [0, 0.1) is 0 Å². The molecule has 1 aromatic heterocycles. The fraction of sp³-hybridized carbons (Fsp3) is 0.357. The van der Waals surface area contributed by atoms with E-state index in [2.05, 4.69) is 24.6 Å². The highest BCUT2D eigenvalue weighted by atomic mass is 16.1. The lowest BCUT2D eigenvalue weighted by molar-refractivity contribution is -0.116.